The van der Waals surface area contributed by atoms with Gasteiger partial charge in [-0.3, -0.25) is 9.59 Å². The third kappa shape index (κ3) is 6.46. The number of benzene rings is 2. The highest BCUT2D eigenvalue weighted by Crippen LogP contribution is 2.37. The molecule has 6 N–H and O–H groups in total. The molecule has 0 fully saturated rings. The molecule has 2 unspecified atom stereocenters. The zero-order chi connectivity index (χ0) is 24.0. The van der Waals surface area contributed by atoms with Crippen LogP contribution in [0.1, 0.15) is 25.0 Å². The van der Waals surface area contributed by atoms with Crippen LogP contribution in [0.3, 0.4) is 0 Å². The van der Waals surface area contributed by atoms with E-state index in [9.17, 15) is 39.6 Å². The Morgan fingerprint density at radius 3 is 1.34 bits per heavy atom. The first-order valence-electron chi connectivity index (χ1n) is 9.62. The molecule has 0 saturated heterocycles. The fraction of sp³-hybridized carbons (Fsp3) is 0.273. The molecule has 2 rings (SSSR count). The Hall–Kier alpha value is -4.08. The quantitative estimate of drug-likeness (QED) is 0.333. The van der Waals surface area contributed by atoms with Crippen molar-refractivity contribution in [3.8, 4) is 22.6 Å². The fourth-order valence-corrected chi connectivity index (χ4v) is 3.21. The smallest absolute Gasteiger partial charge is 0.326 e. The summed E-state index contributed by atoms with van der Waals surface area (Å²) in [5, 5.41) is 44.0. The number of carbonyl (C=O) groups excluding carboxylic acids is 2. The maximum absolute atomic E-state index is 11.4. The number of aliphatic carboxylic acids is 2. The van der Waals surface area contributed by atoms with E-state index in [-0.39, 0.29) is 35.5 Å². The number of nitrogens with one attached hydrogen (secondary N) is 2. The Labute approximate surface area is 183 Å². The molecule has 0 aliphatic carbocycles. The zero-order valence-electron chi connectivity index (χ0n) is 17.5. The Kier molecular flexibility index (Phi) is 7.78. The second-order valence-corrected chi connectivity index (χ2v) is 7.29. The van der Waals surface area contributed by atoms with Crippen LogP contribution in [-0.4, -0.2) is 56.3 Å². The molecule has 0 radical (unpaired) electrons. The molecule has 0 heterocycles. The zero-order valence-corrected chi connectivity index (χ0v) is 17.5. The topological polar surface area (TPSA) is 173 Å². The molecule has 0 spiro atoms. The van der Waals surface area contributed by atoms with Gasteiger partial charge < -0.3 is 31.1 Å². The number of carboxylic acid groups (broad SMARTS) is 2. The Bertz CT molecular complexity index is 967. The van der Waals surface area contributed by atoms with Gasteiger partial charge in [-0.15, -0.1) is 0 Å². The highest BCUT2D eigenvalue weighted by molar-refractivity contribution is 5.83. The summed E-state index contributed by atoms with van der Waals surface area (Å²) in [7, 11) is 0. The maximum Gasteiger partial charge on any atom is 0.326 e. The molecule has 0 aliphatic rings. The summed E-state index contributed by atoms with van der Waals surface area (Å²) < 4.78 is 0. The second kappa shape index (κ2) is 10.3. The number of carboxylic acids is 2. The third-order valence-corrected chi connectivity index (χ3v) is 4.64. The average Bonchev–Trinajstić information content (AvgIpc) is 2.69. The highest BCUT2D eigenvalue weighted by atomic mass is 16.4. The van der Waals surface area contributed by atoms with Crippen LogP contribution in [0.2, 0.25) is 0 Å². The van der Waals surface area contributed by atoms with Crippen LogP contribution in [0.4, 0.5) is 0 Å². The average molecular weight is 444 g/mol. The van der Waals surface area contributed by atoms with Gasteiger partial charge in [0.2, 0.25) is 11.8 Å². The molecule has 10 heteroatoms. The van der Waals surface area contributed by atoms with Crippen molar-refractivity contribution >= 4 is 23.8 Å². The van der Waals surface area contributed by atoms with Crippen molar-refractivity contribution < 1.29 is 39.6 Å². The molecular formula is C22H24N2O8. The lowest BCUT2D eigenvalue weighted by atomic mass is 9.95. The maximum atomic E-state index is 11.4. The third-order valence-electron chi connectivity index (χ3n) is 4.64. The van der Waals surface area contributed by atoms with Crippen LogP contribution < -0.4 is 10.6 Å². The largest absolute Gasteiger partial charge is 0.507 e. The van der Waals surface area contributed by atoms with Crippen LogP contribution in [0, 0.1) is 0 Å². The van der Waals surface area contributed by atoms with Crippen molar-refractivity contribution in [2.24, 2.45) is 0 Å². The number of phenols is 2. The van der Waals surface area contributed by atoms with Gasteiger partial charge in [0.15, 0.2) is 0 Å². The van der Waals surface area contributed by atoms with Gasteiger partial charge in [0.1, 0.15) is 23.6 Å². The summed E-state index contributed by atoms with van der Waals surface area (Å²) >= 11 is 0. The van der Waals surface area contributed by atoms with Crippen LogP contribution in [0.25, 0.3) is 11.1 Å². The lowest BCUT2D eigenvalue weighted by molar-refractivity contribution is -0.141. The minimum Gasteiger partial charge on any atom is -0.507 e. The monoisotopic (exact) mass is 444 g/mol. The Morgan fingerprint density at radius 1 is 0.719 bits per heavy atom. The first-order valence-corrected chi connectivity index (χ1v) is 9.62. The molecule has 32 heavy (non-hydrogen) atoms. The number of amides is 2. The van der Waals surface area contributed by atoms with Gasteiger partial charge in [-0.25, -0.2) is 9.59 Å². The SMILES string of the molecule is CC(=O)NC(Cc1ccc(O)c(-c2cc(CC(NC(C)=O)C(=O)O)ccc2O)c1)C(=O)O. The molecule has 0 aliphatic heterocycles. The van der Waals surface area contributed by atoms with Crippen LogP contribution in [-0.2, 0) is 32.0 Å². The van der Waals surface area contributed by atoms with Crippen molar-refractivity contribution in [2.45, 2.75) is 38.8 Å². The molecule has 2 amide bonds. The van der Waals surface area contributed by atoms with Crippen molar-refractivity contribution in [2.75, 3.05) is 0 Å². The van der Waals surface area contributed by atoms with Gasteiger partial charge in [0, 0.05) is 37.8 Å². The molecule has 0 saturated carbocycles. The second-order valence-electron chi connectivity index (χ2n) is 7.29. The predicted octanol–water partition coefficient (Wildman–Crippen LogP) is 1.03. The van der Waals surface area contributed by atoms with Crippen LogP contribution >= 0.6 is 0 Å². The predicted molar refractivity (Wildman–Crippen MR) is 113 cm³/mol. The number of aromatic hydroxyl groups is 2. The summed E-state index contributed by atoms with van der Waals surface area (Å²) in [5.74, 6) is -3.84. The van der Waals surface area contributed by atoms with Crippen molar-refractivity contribution in [3.63, 3.8) is 0 Å². The van der Waals surface area contributed by atoms with Gasteiger partial charge in [0.25, 0.3) is 0 Å². The van der Waals surface area contributed by atoms with Crippen molar-refractivity contribution in [3.05, 3.63) is 47.5 Å². The molecule has 2 aromatic rings. The Morgan fingerprint density at radius 2 is 1.06 bits per heavy atom. The molecular weight excluding hydrogens is 420 g/mol. The van der Waals surface area contributed by atoms with Gasteiger partial charge in [-0.05, 0) is 35.4 Å². The van der Waals surface area contributed by atoms with E-state index in [0.29, 0.717) is 11.1 Å². The first-order chi connectivity index (χ1) is 15.0. The summed E-state index contributed by atoms with van der Waals surface area (Å²) in [6.45, 7) is 2.40. The number of rotatable bonds is 9. The standard InChI is InChI=1S/C22H24N2O8/c1-11(25)23-17(21(29)30)9-13-3-5-19(27)15(7-13)16-8-14(4-6-20(16)28)10-18(22(31)32)24-12(2)26/h3-8,17-18,27-28H,9-10H2,1-2H3,(H,23,25)(H,24,26)(H,29,30)(H,31,32). The Balaban J connectivity index is 2.40. The molecule has 170 valence electrons. The molecule has 0 aromatic heterocycles. The highest BCUT2D eigenvalue weighted by Gasteiger charge is 2.22. The van der Waals surface area contributed by atoms with E-state index >= 15 is 0 Å². The molecule has 2 atom stereocenters. The summed E-state index contributed by atoms with van der Waals surface area (Å²) in [4.78, 5) is 45.3. The number of carbonyl (C=O) groups is 4. The van der Waals surface area contributed by atoms with Gasteiger partial charge in [-0.2, -0.15) is 0 Å². The lowest BCUT2D eigenvalue weighted by Crippen LogP contribution is -2.41. The first kappa shape index (κ1) is 24.2. The number of phenolic OH excluding ortho intramolecular Hbond substituents is 2. The van der Waals surface area contributed by atoms with Gasteiger partial charge in [0.05, 0.1) is 0 Å². The fourth-order valence-electron chi connectivity index (χ4n) is 3.21. The van der Waals surface area contributed by atoms with E-state index in [1.807, 2.05) is 0 Å². The molecule has 10 nitrogen and oxygen atoms in total. The van der Waals surface area contributed by atoms with Gasteiger partial charge in [-0.1, -0.05) is 12.1 Å². The van der Waals surface area contributed by atoms with Crippen molar-refractivity contribution in [1.29, 1.82) is 0 Å². The van der Waals surface area contributed by atoms with Crippen LogP contribution in [0.15, 0.2) is 36.4 Å². The number of hydrogen-bond acceptors (Lipinski definition) is 6. The van der Waals surface area contributed by atoms with Crippen molar-refractivity contribution in [1.82, 2.24) is 10.6 Å². The van der Waals surface area contributed by atoms with E-state index < -0.39 is 35.8 Å². The van der Waals surface area contributed by atoms with E-state index in [2.05, 4.69) is 10.6 Å². The summed E-state index contributed by atoms with van der Waals surface area (Å²) in [6, 6.07) is 6.26. The lowest BCUT2D eigenvalue weighted by Gasteiger charge is -2.16. The molecule has 0 bridgehead atoms. The normalized spacial score (nSPS) is 12.4. The van der Waals surface area contributed by atoms with Gasteiger partial charge >= 0.3 is 11.9 Å². The molecule has 2 aromatic carbocycles. The van der Waals surface area contributed by atoms with E-state index in [1.54, 1.807) is 0 Å². The van der Waals surface area contributed by atoms with E-state index in [1.165, 1.54) is 50.2 Å². The summed E-state index contributed by atoms with van der Waals surface area (Å²) in [6.07, 6.45) is -0.126. The van der Waals surface area contributed by atoms with Crippen LogP contribution in [0.5, 0.6) is 11.5 Å². The van der Waals surface area contributed by atoms with E-state index in [4.69, 9.17) is 0 Å². The van der Waals surface area contributed by atoms with E-state index in [0.717, 1.165) is 0 Å². The number of hydrogen-bond donors (Lipinski definition) is 6. The minimum atomic E-state index is -1.22. The minimum absolute atomic E-state index is 0.0632. The summed E-state index contributed by atoms with van der Waals surface area (Å²) in [5.41, 5.74) is 1.34.